The standard InChI is InChI=1S/C12H7F3N6S/c1-21-7(4-10(19-21)12(13,14)15)8-2-3-9(22-8)11-6(5-16)17-20-18-11/h2-4H,1H3,(H,17,18,20). The van der Waals surface area contributed by atoms with Gasteiger partial charge in [-0.3, -0.25) is 4.68 Å². The molecule has 0 aliphatic heterocycles. The van der Waals surface area contributed by atoms with Crippen LogP contribution in [0.1, 0.15) is 11.4 Å². The van der Waals surface area contributed by atoms with Crippen LogP contribution in [0.15, 0.2) is 18.2 Å². The molecule has 3 rings (SSSR count). The summed E-state index contributed by atoms with van der Waals surface area (Å²) in [5.74, 6) is 0. The van der Waals surface area contributed by atoms with Gasteiger partial charge in [-0.05, 0) is 18.2 Å². The number of rotatable bonds is 2. The van der Waals surface area contributed by atoms with Crippen LogP contribution in [-0.4, -0.2) is 25.2 Å². The molecule has 112 valence electrons. The highest BCUT2D eigenvalue weighted by Gasteiger charge is 2.34. The van der Waals surface area contributed by atoms with Gasteiger partial charge in [-0.2, -0.15) is 33.8 Å². The fourth-order valence-electron chi connectivity index (χ4n) is 1.92. The van der Waals surface area contributed by atoms with Crippen molar-refractivity contribution in [2.45, 2.75) is 6.18 Å². The van der Waals surface area contributed by atoms with Crippen LogP contribution in [0.4, 0.5) is 13.2 Å². The molecule has 3 heterocycles. The average molecular weight is 324 g/mol. The van der Waals surface area contributed by atoms with Crippen molar-refractivity contribution in [1.29, 1.82) is 5.26 Å². The minimum atomic E-state index is -4.49. The number of alkyl halides is 3. The van der Waals surface area contributed by atoms with Crippen LogP contribution < -0.4 is 0 Å². The molecule has 0 amide bonds. The van der Waals surface area contributed by atoms with Gasteiger partial charge in [-0.1, -0.05) is 0 Å². The lowest BCUT2D eigenvalue weighted by atomic mass is 10.2. The van der Waals surface area contributed by atoms with Crippen molar-refractivity contribution >= 4 is 11.3 Å². The van der Waals surface area contributed by atoms with Crippen LogP contribution in [-0.2, 0) is 13.2 Å². The number of nitrogens with one attached hydrogen (secondary N) is 1. The molecule has 0 fully saturated rings. The Morgan fingerprint density at radius 3 is 2.64 bits per heavy atom. The van der Waals surface area contributed by atoms with E-state index in [2.05, 4.69) is 20.5 Å². The molecular formula is C12H7F3N6S. The molecule has 0 atom stereocenters. The summed E-state index contributed by atoms with van der Waals surface area (Å²) in [5, 5.41) is 22.3. The van der Waals surface area contributed by atoms with E-state index in [1.165, 1.54) is 23.1 Å². The summed E-state index contributed by atoms with van der Waals surface area (Å²) < 4.78 is 39.3. The van der Waals surface area contributed by atoms with Crippen molar-refractivity contribution in [3.63, 3.8) is 0 Å². The number of nitriles is 1. The molecule has 0 spiro atoms. The Morgan fingerprint density at radius 2 is 2.00 bits per heavy atom. The van der Waals surface area contributed by atoms with E-state index >= 15 is 0 Å². The van der Waals surface area contributed by atoms with Gasteiger partial charge in [0.25, 0.3) is 0 Å². The number of hydrogen-bond acceptors (Lipinski definition) is 5. The lowest BCUT2D eigenvalue weighted by molar-refractivity contribution is -0.141. The highest BCUT2D eigenvalue weighted by atomic mass is 32.1. The van der Waals surface area contributed by atoms with E-state index in [-0.39, 0.29) is 5.69 Å². The minimum absolute atomic E-state index is 0.134. The molecule has 0 aliphatic rings. The lowest BCUT2D eigenvalue weighted by Crippen LogP contribution is -2.06. The van der Waals surface area contributed by atoms with Gasteiger partial charge < -0.3 is 0 Å². The van der Waals surface area contributed by atoms with Crippen LogP contribution in [0, 0.1) is 11.3 Å². The Kier molecular flexibility index (Phi) is 3.22. The first-order chi connectivity index (χ1) is 10.4. The molecular weight excluding hydrogens is 317 g/mol. The number of halogens is 3. The maximum atomic E-state index is 12.7. The number of aryl methyl sites for hydroxylation is 1. The molecule has 1 N–H and O–H groups in total. The molecule has 0 radical (unpaired) electrons. The fourth-order valence-corrected chi connectivity index (χ4v) is 2.96. The van der Waals surface area contributed by atoms with Gasteiger partial charge >= 0.3 is 6.18 Å². The number of aromatic nitrogens is 5. The normalized spacial score (nSPS) is 11.6. The van der Waals surface area contributed by atoms with Crippen LogP contribution in [0.25, 0.3) is 21.1 Å². The van der Waals surface area contributed by atoms with Gasteiger partial charge in [-0.15, -0.1) is 16.4 Å². The predicted octanol–water partition coefficient (Wildman–Crippen LogP) is 2.82. The van der Waals surface area contributed by atoms with Crippen molar-refractivity contribution in [3.05, 3.63) is 29.6 Å². The third-order valence-corrected chi connectivity index (χ3v) is 4.03. The lowest BCUT2D eigenvalue weighted by Gasteiger charge is -1.98. The zero-order valence-electron chi connectivity index (χ0n) is 11.0. The van der Waals surface area contributed by atoms with Crippen LogP contribution >= 0.6 is 11.3 Å². The second-order valence-electron chi connectivity index (χ2n) is 4.33. The van der Waals surface area contributed by atoms with Crippen LogP contribution in [0.2, 0.25) is 0 Å². The maximum absolute atomic E-state index is 12.7. The highest BCUT2D eigenvalue weighted by Crippen LogP contribution is 2.37. The van der Waals surface area contributed by atoms with E-state index in [4.69, 9.17) is 5.26 Å². The zero-order valence-corrected chi connectivity index (χ0v) is 11.8. The maximum Gasteiger partial charge on any atom is 0.435 e. The van der Waals surface area contributed by atoms with E-state index in [0.29, 0.717) is 21.1 Å². The highest BCUT2D eigenvalue weighted by molar-refractivity contribution is 7.18. The Labute approximate surface area is 125 Å². The molecule has 0 saturated heterocycles. The van der Waals surface area contributed by atoms with E-state index in [1.807, 2.05) is 6.07 Å². The monoisotopic (exact) mass is 324 g/mol. The third-order valence-electron chi connectivity index (χ3n) is 2.92. The molecule has 3 aromatic rings. The summed E-state index contributed by atoms with van der Waals surface area (Å²) in [7, 11) is 1.45. The first kappa shape index (κ1) is 14.3. The number of nitrogens with zero attached hydrogens (tertiary/aromatic N) is 5. The van der Waals surface area contributed by atoms with Crippen molar-refractivity contribution in [1.82, 2.24) is 25.2 Å². The molecule has 6 nitrogen and oxygen atoms in total. The molecule has 10 heteroatoms. The first-order valence-electron chi connectivity index (χ1n) is 5.93. The molecule has 3 aromatic heterocycles. The van der Waals surface area contributed by atoms with E-state index in [0.717, 1.165) is 6.07 Å². The Hall–Kier alpha value is -2.67. The molecule has 0 aliphatic carbocycles. The van der Waals surface area contributed by atoms with Gasteiger partial charge in [0.15, 0.2) is 11.4 Å². The van der Waals surface area contributed by atoms with Crippen molar-refractivity contribution in [2.75, 3.05) is 0 Å². The van der Waals surface area contributed by atoms with Crippen LogP contribution in [0.3, 0.4) is 0 Å². The van der Waals surface area contributed by atoms with Crippen molar-refractivity contribution in [2.24, 2.45) is 7.05 Å². The first-order valence-corrected chi connectivity index (χ1v) is 6.74. The number of hydrogen-bond donors (Lipinski definition) is 1. The molecule has 0 saturated carbocycles. The summed E-state index contributed by atoms with van der Waals surface area (Å²) in [6.07, 6.45) is -4.49. The second-order valence-corrected chi connectivity index (χ2v) is 5.42. The summed E-state index contributed by atoms with van der Waals surface area (Å²) >= 11 is 1.21. The smallest absolute Gasteiger partial charge is 0.267 e. The minimum Gasteiger partial charge on any atom is -0.267 e. The zero-order chi connectivity index (χ0) is 15.9. The Balaban J connectivity index is 2.02. The van der Waals surface area contributed by atoms with Gasteiger partial charge in [0.2, 0.25) is 0 Å². The number of thiophene rings is 1. The third kappa shape index (κ3) is 2.35. The van der Waals surface area contributed by atoms with E-state index in [1.54, 1.807) is 12.1 Å². The van der Waals surface area contributed by atoms with Gasteiger partial charge in [-0.25, -0.2) is 0 Å². The Morgan fingerprint density at radius 1 is 1.27 bits per heavy atom. The van der Waals surface area contributed by atoms with E-state index < -0.39 is 11.9 Å². The molecule has 0 bridgehead atoms. The largest absolute Gasteiger partial charge is 0.435 e. The quantitative estimate of drug-likeness (QED) is 0.785. The van der Waals surface area contributed by atoms with E-state index in [9.17, 15) is 13.2 Å². The summed E-state index contributed by atoms with van der Waals surface area (Å²) in [6.45, 7) is 0. The summed E-state index contributed by atoms with van der Waals surface area (Å²) in [5.41, 5.74) is -0.101. The fraction of sp³-hybridized carbons (Fsp3) is 0.167. The molecule has 22 heavy (non-hydrogen) atoms. The van der Waals surface area contributed by atoms with Gasteiger partial charge in [0.1, 0.15) is 11.8 Å². The summed E-state index contributed by atoms with van der Waals surface area (Å²) in [6, 6.07) is 6.22. The predicted molar refractivity (Wildman–Crippen MR) is 71.6 cm³/mol. The average Bonchev–Trinajstić information content (AvgIpc) is 3.14. The van der Waals surface area contributed by atoms with Gasteiger partial charge in [0.05, 0.1) is 15.4 Å². The summed E-state index contributed by atoms with van der Waals surface area (Å²) in [4.78, 5) is 1.22. The second kappa shape index (κ2) is 4.96. The van der Waals surface area contributed by atoms with Crippen molar-refractivity contribution < 1.29 is 13.2 Å². The topological polar surface area (TPSA) is 83.2 Å². The van der Waals surface area contributed by atoms with Gasteiger partial charge in [0, 0.05) is 7.05 Å². The van der Waals surface area contributed by atoms with Crippen molar-refractivity contribution in [3.8, 4) is 27.2 Å². The van der Waals surface area contributed by atoms with Crippen LogP contribution in [0.5, 0.6) is 0 Å². The number of H-pyrrole nitrogens is 1. The molecule has 0 aromatic carbocycles. The Bertz CT molecular complexity index is 866. The molecule has 0 unspecified atom stereocenters. The SMILES string of the molecule is Cn1nc(C(F)(F)F)cc1-c1ccc(-c2n[nH]nc2C#N)s1. The number of aromatic amines is 1.